The van der Waals surface area contributed by atoms with Crippen LogP contribution in [0.15, 0.2) is 4.99 Å². The number of hydrogen-bond acceptors (Lipinski definition) is 3. The maximum atomic E-state index is 11.6. The molecule has 0 atom stereocenters. The van der Waals surface area contributed by atoms with E-state index in [1.165, 1.54) is 4.31 Å². The molecule has 0 aromatic carbocycles. The maximum Gasteiger partial charge on any atom is 0.214 e. The van der Waals surface area contributed by atoms with Crippen molar-refractivity contribution in [1.29, 1.82) is 0 Å². The molecule has 0 aromatic heterocycles. The Bertz CT molecular complexity index is 412. The van der Waals surface area contributed by atoms with Crippen LogP contribution in [0, 0.1) is 0 Å². The van der Waals surface area contributed by atoms with E-state index in [0.717, 1.165) is 18.9 Å². The molecule has 1 aliphatic rings. The molecular weight excluding hydrogens is 264 g/mol. The van der Waals surface area contributed by atoms with E-state index in [-0.39, 0.29) is 11.3 Å². The molecule has 2 N–H and O–H groups in total. The third-order valence-electron chi connectivity index (χ3n) is 2.66. The zero-order valence-electron chi connectivity index (χ0n) is 12.4. The highest BCUT2D eigenvalue weighted by molar-refractivity contribution is 7.89. The quantitative estimate of drug-likeness (QED) is 0.580. The van der Waals surface area contributed by atoms with Gasteiger partial charge in [-0.3, -0.25) is 4.99 Å². The fourth-order valence-electron chi connectivity index (χ4n) is 1.88. The minimum absolute atomic E-state index is 0.0687. The number of aliphatic imine (C=N–C) groups is 1. The SMILES string of the molecule is CCNC(=NCCN1CCCS1(=O)=O)NC(C)(C)C. The first-order chi connectivity index (χ1) is 8.74. The van der Waals surface area contributed by atoms with Gasteiger partial charge in [0.15, 0.2) is 5.96 Å². The molecule has 1 heterocycles. The van der Waals surface area contributed by atoms with Gasteiger partial charge >= 0.3 is 0 Å². The minimum Gasteiger partial charge on any atom is -0.357 e. The van der Waals surface area contributed by atoms with E-state index in [4.69, 9.17) is 0 Å². The van der Waals surface area contributed by atoms with Crippen molar-refractivity contribution in [2.45, 2.75) is 39.7 Å². The van der Waals surface area contributed by atoms with E-state index >= 15 is 0 Å². The summed E-state index contributed by atoms with van der Waals surface area (Å²) < 4.78 is 24.8. The molecule has 1 rings (SSSR count). The molecule has 0 radical (unpaired) electrons. The molecule has 1 aliphatic heterocycles. The first kappa shape index (κ1) is 16.2. The van der Waals surface area contributed by atoms with Gasteiger partial charge in [0.1, 0.15) is 0 Å². The molecule has 0 saturated carbocycles. The Kier molecular flexibility index (Phi) is 5.61. The van der Waals surface area contributed by atoms with Crippen molar-refractivity contribution in [3.05, 3.63) is 0 Å². The van der Waals surface area contributed by atoms with Crippen LogP contribution in [-0.4, -0.2) is 56.2 Å². The summed E-state index contributed by atoms with van der Waals surface area (Å²) >= 11 is 0. The van der Waals surface area contributed by atoms with Crippen molar-refractivity contribution in [1.82, 2.24) is 14.9 Å². The molecule has 0 unspecified atom stereocenters. The lowest BCUT2D eigenvalue weighted by molar-refractivity contribution is 0.450. The van der Waals surface area contributed by atoms with Crippen LogP contribution < -0.4 is 10.6 Å². The molecule has 6 nitrogen and oxygen atoms in total. The number of sulfonamides is 1. The summed E-state index contributed by atoms with van der Waals surface area (Å²) in [5.41, 5.74) is -0.0687. The van der Waals surface area contributed by atoms with E-state index in [9.17, 15) is 8.42 Å². The number of nitrogens with zero attached hydrogens (tertiary/aromatic N) is 2. The summed E-state index contributed by atoms with van der Waals surface area (Å²) in [6.07, 6.45) is 0.729. The van der Waals surface area contributed by atoms with Gasteiger partial charge in [-0.15, -0.1) is 0 Å². The lowest BCUT2D eigenvalue weighted by Crippen LogP contribution is -2.47. The molecule has 0 aromatic rings. The van der Waals surface area contributed by atoms with Gasteiger partial charge in [0.25, 0.3) is 0 Å². The van der Waals surface area contributed by atoms with E-state index < -0.39 is 10.0 Å². The summed E-state index contributed by atoms with van der Waals surface area (Å²) in [5.74, 6) is 1.00. The standard InChI is InChI=1S/C12H26N4O2S/c1-5-13-11(15-12(2,3)4)14-7-9-16-8-6-10-19(16,17)18/h5-10H2,1-4H3,(H2,13,14,15). The first-order valence-electron chi connectivity index (χ1n) is 6.79. The van der Waals surface area contributed by atoms with Gasteiger partial charge in [-0.2, -0.15) is 0 Å². The zero-order valence-corrected chi connectivity index (χ0v) is 13.2. The van der Waals surface area contributed by atoms with Gasteiger partial charge in [0.05, 0.1) is 12.3 Å². The normalized spacial score (nSPS) is 20.5. The molecule has 1 fully saturated rings. The topological polar surface area (TPSA) is 73.8 Å². The molecule has 0 amide bonds. The average molecular weight is 290 g/mol. The summed E-state index contributed by atoms with van der Waals surface area (Å²) in [5, 5.41) is 6.43. The fraction of sp³-hybridized carbons (Fsp3) is 0.917. The summed E-state index contributed by atoms with van der Waals surface area (Å²) in [6.45, 7) is 10.5. The van der Waals surface area contributed by atoms with Crippen molar-refractivity contribution < 1.29 is 8.42 Å². The second-order valence-electron chi connectivity index (χ2n) is 5.70. The monoisotopic (exact) mass is 290 g/mol. The van der Waals surface area contributed by atoms with Crippen LogP contribution in [-0.2, 0) is 10.0 Å². The van der Waals surface area contributed by atoms with Crippen molar-refractivity contribution in [3.63, 3.8) is 0 Å². The van der Waals surface area contributed by atoms with Gasteiger partial charge in [-0.05, 0) is 34.1 Å². The van der Waals surface area contributed by atoms with E-state index in [2.05, 4.69) is 36.4 Å². The maximum absolute atomic E-state index is 11.6. The minimum atomic E-state index is -3.01. The Hall–Kier alpha value is -0.820. The second-order valence-corrected chi connectivity index (χ2v) is 7.79. The summed E-state index contributed by atoms with van der Waals surface area (Å²) in [4.78, 5) is 4.42. The van der Waals surface area contributed by atoms with Crippen molar-refractivity contribution in [2.75, 3.05) is 31.9 Å². The van der Waals surface area contributed by atoms with Gasteiger partial charge in [-0.1, -0.05) is 0 Å². The Morgan fingerprint density at radius 1 is 1.37 bits per heavy atom. The summed E-state index contributed by atoms with van der Waals surface area (Å²) in [6, 6.07) is 0. The zero-order chi connectivity index (χ0) is 14.5. The van der Waals surface area contributed by atoms with Crippen molar-refractivity contribution >= 4 is 16.0 Å². The molecule has 19 heavy (non-hydrogen) atoms. The smallest absolute Gasteiger partial charge is 0.214 e. The Morgan fingerprint density at radius 3 is 2.53 bits per heavy atom. The van der Waals surface area contributed by atoms with Gasteiger partial charge in [0, 0.05) is 25.2 Å². The van der Waals surface area contributed by atoms with Crippen LogP contribution in [0.5, 0.6) is 0 Å². The Labute approximate surface area is 116 Å². The Balaban J connectivity index is 2.52. The number of rotatable bonds is 4. The average Bonchev–Trinajstić information content (AvgIpc) is 2.56. The highest BCUT2D eigenvalue weighted by atomic mass is 32.2. The highest BCUT2D eigenvalue weighted by Crippen LogP contribution is 2.12. The molecule has 0 spiro atoms. The predicted molar refractivity (Wildman–Crippen MR) is 78.8 cm³/mol. The lowest BCUT2D eigenvalue weighted by Gasteiger charge is -2.24. The van der Waals surface area contributed by atoms with Crippen LogP contribution in [0.2, 0.25) is 0 Å². The molecular formula is C12H26N4O2S. The highest BCUT2D eigenvalue weighted by Gasteiger charge is 2.27. The summed E-state index contributed by atoms with van der Waals surface area (Å²) in [7, 11) is -3.01. The van der Waals surface area contributed by atoms with E-state index in [1.54, 1.807) is 0 Å². The van der Waals surface area contributed by atoms with Crippen molar-refractivity contribution in [3.8, 4) is 0 Å². The van der Waals surface area contributed by atoms with E-state index in [1.807, 2.05) is 6.92 Å². The van der Waals surface area contributed by atoms with Gasteiger partial charge in [-0.25, -0.2) is 12.7 Å². The molecule has 1 saturated heterocycles. The molecule has 0 bridgehead atoms. The molecule has 0 aliphatic carbocycles. The Morgan fingerprint density at radius 2 is 2.05 bits per heavy atom. The third-order valence-corrected chi connectivity index (χ3v) is 4.62. The predicted octanol–water partition coefficient (Wildman–Crippen LogP) is 0.376. The van der Waals surface area contributed by atoms with Crippen LogP contribution in [0.3, 0.4) is 0 Å². The molecule has 7 heteroatoms. The third kappa shape index (κ3) is 5.78. The molecule has 112 valence electrons. The number of guanidine groups is 1. The van der Waals surface area contributed by atoms with Crippen LogP contribution in [0.25, 0.3) is 0 Å². The number of hydrogen-bond donors (Lipinski definition) is 2. The largest absolute Gasteiger partial charge is 0.357 e. The fourth-order valence-corrected chi connectivity index (χ4v) is 3.40. The van der Waals surface area contributed by atoms with Crippen LogP contribution >= 0.6 is 0 Å². The number of nitrogens with one attached hydrogen (secondary N) is 2. The van der Waals surface area contributed by atoms with Gasteiger partial charge < -0.3 is 10.6 Å². The van der Waals surface area contributed by atoms with Crippen LogP contribution in [0.4, 0.5) is 0 Å². The lowest BCUT2D eigenvalue weighted by atomic mass is 10.1. The van der Waals surface area contributed by atoms with Gasteiger partial charge in [0.2, 0.25) is 10.0 Å². The first-order valence-corrected chi connectivity index (χ1v) is 8.40. The van der Waals surface area contributed by atoms with E-state index in [0.29, 0.717) is 19.6 Å². The van der Waals surface area contributed by atoms with Crippen molar-refractivity contribution in [2.24, 2.45) is 4.99 Å². The van der Waals surface area contributed by atoms with Crippen LogP contribution in [0.1, 0.15) is 34.1 Å². The second kappa shape index (κ2) is 6.56.